The molecule has 0 rings (SSSR count). The van der Waals surface area contributed by atoms with Crippen LogP contribution < -0.4 is 0 Å². The zero-order chi connectivity index (χ0) is 36.7. The molecule has 9 nitrogen and oxygen atoms in total. The third kappa shape index (κ3) is 20.4. The molecule has 9 heteroatoms. The molecule has 0 aromatic heterocycles. The first-order chi connectivity index (χ1) is 22.5. The van der Waals surface area contributed by atoms with Crippen LogP contribution in [-0.2, 0) is 38.1 Å². The Kier molecular flexibility index (Phi) is 24.2. The number of carbonyl (C=O) groups excluding carboxylic acids is 3. The van der Waals surface area contributed by atoms with Crippen molar-refractivity contribution in [2.45, 2.75) is 170 Å². The van der Waals surface area contributed by atoms with Crippen LogP contribution >= 0.6 is 0 Å². The lowest BCUT2D eigenvalue weighted by Gasteiger charge is -2.38. The highest BCUT2D eigenvalue weighted by atomic mass is 16.5. The lowest BCUT2D eigenvalue weighted by molar-refractivity contribution is -0.172. The predicted octanol–water partition coefficient (Wildman–Crippen LogP) is 7.86. The van der Waals surface area contributed by atoms with Gasteiger partial charge in [-0.3, -0.25) is 14.4 Å². The summed E-state index contributed by atoms with van der Waals surface area (Å²) in [6, 6.07) is 0. The first-order valence-electron chi connectivity index (χ1n) is 18.8. The molecular weight excluding hydrogens is 612 g/mol. The zero-order valence-electron chi connectivity index (χ0n) is 32.6. The summed E-state index contributed by atoms with van der Waals surface area (Å²) in [6.45, 7) is 21.7. The van der Waals surface area contributed by atoms with Gasteiger partial charge in [-0.2, -0.15) is 0 Å². The smallest absolute Gasteiger partial charge is 0.164 e. The fourth-order valence-electron chi connectivity index (χ4n) is 5.18. The van der Waals surface area contributed by atoms with Gasteiger partial charge in [-0.1, -0.05) is 46.0 Å². The average Bonchev–Trinajstić information content (AvgIpc) is 3.03. The Morgan fingerprint density at radius 2 is 0.938 bits per heavy atom. The molecule has 0 aromatic rings. The minimum Gasteiger partial charge on any atom is -0.396 e. The molecular formula is C39H74O9. The number of aliphatic hydroxyl groups excluding tert-OH is 1. The SMILES string of the molecule is CCOCC(COCC)(COC(C)(C)C(=O)CCCCCO)COC(C)(C)C(=O)CCCCCOC(C)(C)C(=O)CCCCCC(C)C. The minimum absolute atomic E-state index is 0.00617. The molecule has 0 saturated heterocycles. The van der Waals surface area contributed by atoms with Crippen molar-refractivity contribution in [3.63, 3.8) is 0 Å². The van der Waals surface area contributed by atoms with Gasteiger partial charge in [-0.05, 0) is 93.4 Å². The standard InChI is InChI=1S/C39H74O9/c1-11-44-28-39(29-45-12-2,30-47-37(7,8)34(42)24-18-14-20-26-40)31-48-38(9,10)35(43)25-19-15-21-27-46-36(5,6)33(41)23-17-13-16-22-32(3)4/h32,40H,11-31H2,1-10H3. The highest BCUT2D eigenvalue weighted by Gasteiger charge is 2.40. The lowest BCUT2D eigenvalue weighted by Crippen LogP contribution is -2.48. The second-order valence-corrected chi connectivity index (χ2v) is 15.3. The van der Waals surface area contributed by atoms with E-state index in [1.54, 1.807) is 27.7 Å². The second-order valence-electron chi connectivity index (χ2n) is 15.3. The number of hydrogen-bond acceptors (Lipinski definition) is 9. The Morgan fingerprint density at radius 3 is 1.33 bits per heavy atom. The molecule has 0 bridgehead atoms. The Morgan fingerprint density at radius 1 is 0.542 bits per heavy atom. The van der Waals surface area contributed by atoms with Crippen molar-refractivity contribution >= 4 is 17.3 Å². The van der Waals surface area contributed by atoms with E-state index in [2.05, 4.69) is 13.8 Å². The molecule has 0 unspecified atom stereocenters. The van der Waals surface area contributed by atoms with Crippen molar-refractivity contribution in [1.82, 2.24) is 0 Å². The van der Waals surface area contributed by atoms with Crippen molar-refractivity contribution < 1.29 is 43.2 Å². The van der Waals surface area contributed by atoms with Gasteiger partial charge >= 0.3 is 0 Å². The number of ketones is 3. The Hall–Kier alpha value is -1.23. The van der Waals surface area contributed by atoms with Gasteiger partial charge in [0.25, 0.3) is 0 Å². The second kappa shape index (κ2) is 24.8. The third-order valence-corrected chi connectivity index (χ3v) is 8.98. The van der Waals surface area contributed by atoms with Crippen LogP contribution in [0, 0.1) is 11.3 Å². The van der Waals surface area contributed by atoms with E-state index in [0.29, 0.717) is 77.5 Å². The summed E-state index contributed by atoms with van der Waals surface area (Å²) >= 11 is 0. The third-order valence-electron chi connectivity index (χ3n) is 8.98. The van der Waals surface area contributed by atoms with Gasteiger partial charge in [-0.25, -0.2) is 0 Å². The number of unbranched alkanes of at least 4 members (excludes halogenated alkanes) is 6. The highest BCUT2D eigenvalue weighted by molar-refractivity contribution is 5.87. The molecule has 0 heterocycles. The lowest BCUT2D eigenvalue weighted by atomic mass is 9.90. The normalized spacial score (nSPS) is 13.0. The van der Waals surface area contributed by atoms with Gasteiger partial charge < -0.3 is 28.8 Å². The Balaban J connectivity index is 4.98. The van der Waals surface area contributed by atoms with Crippen molar-refractivity contribution in [2.24, 2.45) is 11.3 Å². The number of aliphatic hydroxyl groups is 1. The van der Waals surface area contributed by atoms with Gasteiger partial charge in [-0.15, -0.1) is 0 Å². The molecule has 0 amide bonds. The Bertz CT molecular complexity index is 871. The molecule has 48 heavy (non-hydrogen) atoms. The highest BCUT2D eigenvalue weighted by Crippen LogP contribution is 2.28. The first kappa shape index (κ1) is 46.8. The van der Waals surface area contributed by atoms with Crippen LogP contribution in [0.5, 0.6) is 0 Å². The summed E-state index contributed by atoms with van der Waals surface area (Å²) in [5.41, 5.74) is -3.53. The predicted molar refractivity (Wildman–Crippen MR) is 192 cm³/mol. The van der Waals surface area contributed by atoms with E-state index in [0.717, 1.165) is 38.5 Å². The maximum Gasteiger partial charge on any atom is 0.164 e. The summed E-state index contributed by atoms with van der Waals surface area (Å²) in [4.78, 5) is 38.9. The molecule has 0 radical (unpaired) electrons. The molecule has 0 aromatic carbocycles. The number of carbonyl (C=O) groups is 3. The van der Waals surface area contributed by atoms with Gasteiger partial charge in [0.2, 0.25) is 0 Å². The summed E-state index contributed by atoms with van der Waals surface area (Å²) < 4.78 is 30.2. The van der Waals surface area contributed by atoms with Crippen LogP contribution in [0.3, 0.4) is 0 Å². The van der Waals surface area contributed by atoms with Crippen LogP contribution in [0.2, 0.25) is 0 Å². The van der Waals surface area contributed by atoms with E-state index in [-0.39, 0.29) is 37.2 Å². The quantitative estimate of drug-likeness (QED) is 0.0689. The summed E-state index contributed by atoms with van der Waals surface area (Å²) in [6.07, 6.45) is 10.2. The summed E-state index contributed by atoms with van der Waals surface area (Å²) in [7, 11) is 0. The van der Waals surface area contributed by atoms with E-state index < -0.39 is 22.2 Å². The van der Waals surface area contributed by atoms with Crippen LogP contribution in [0.4, 0.5) is 0 Å². The van der Waals surface area contributed by atoms with Gasteiger partial charge in [0, 0.05) is 45.7 Å². The number of hydrogen-bond donors (Lipinski definition) is 1. The molecule has 0 fully saturated rings. The zero-order valence-corrected chi connectivity index (χ0v) is 32.6. The molecule has 0 aliphatic heterocycles. The maximum atomic E-state index is 13.3. The number of ether oxygens (including phenoxy) is 5. The molecule has 284 valence electrons. The van der Waals surface area contributed by atoms with Crippen molar-refractivity contribution in [3.8, 4) is 0 Å². The van der Waals surface area contributed by atoms with E-state index in [9.17, 15) is 14.4 Å². The summed E-state index contributed by atoms with van der Waals surface area (Å²) in [5, 5.41) is 9.02. The molecule has 0 aliphatic carbocycles. The first-order valence-corrected chi connectivity index (χ1v) is 18.8. The average molecular weight is 687 g/mol. The minimum atomic E-state index is -1.03. The Labute approximate surface area is 293 Å². The van der Waals surface area contributed by atoms with Gasteiger partial charge in [0.05, 0.1) is 31.8 Å². The van der Waals surface area contributed by atoms with Crippen LogP contribution in [0.25, 0.3) is 0 Å². The molecule has 0 saturated carbocycles. The molecule has 1 N–H and O–H groups in total. The molecule has 0 aliphatic rings. The summed E-state index contributed by atoms with van der Waals surface area (Å²) in [5.74, 6) is 0.871. The molecule has 0 spiro atoms. The van der Waals surface area contributed by atoms with Crippen LogP contribution in [0.1, 0.15) is 153 Å². The fourth-order valence-corrected chi connectivity index (χ4v) is 5.18. The fraction of sp³-hybridized carbons (Fsp3) is 0.923. The van der Waals surface area contributed by atoms with E-state index in [4.69, 9.17) is 28.8 Å². The van der Waals surface area contributed by atoms with E-state index in [1.807, 2.05) is 27.7 Å². The largest absolute Gasteiger partial charge is 0.396 e. The van der Waals surface area contributed by atoms with Crippen molar-refractivity contribution in [3.05, 3.63) is 0 Å². The van der Waals surface area contributed by atoms with Gasteiger partial charge in [0.15, 0.2) is 17.3 Å². The monoisotopic (exact) mass is 687 g/mol. The van der Waals surface area contributed by atoms with Crippen LogP contribution in [-0.4, -0.2) is 92.1 Å². The number of Topliss-reactive ketones (excluding diaryl/α,β-unsaturated/α-hetero) is 3. The van der Waals surface area contributed by atoms with E-state index >= 15 is 0 Å². The number of rotatable bonds is 33. The van der Waals surface area contributed by atoms with Crippen LogP contribution in [0.15, 0.2) is 0 Å². The van der Waals surface area contributed by atoms with E-state index in [1.165, 1.54) is 6.42 Å². The van der Waals surface area contributed by atoms with Gasteiger partial charge in [0.1, 0.15) is 16.8 Å². The van der Waals surface area contributed by atoms with Crippen molar-refractivity contribution in [2.75, 3.05) is 52.9 Å². The molecule has 0 atom stereocenters. The van der Waals surface area contributed by atoms with Crippen molar-refractivity contribution in [1.29, 1.82) is 0 Å². The topological polar surface area (TPSA) is 118 Å². The maximum absolute atomic E-state index is 13.3.